The topological polar surface area (TPSA) is 71.1 Å². The molecule has 0 saturated heterocycles. The first-order chi connectivity index (χ1) is 15.3. The van der Waals surface area contributed by atoms with Crippen molar-refractivity contribution in [1.29, 1.82) is 0 Å². The molecule has 1 aromatic rings. The Morgan fingerprint density at radius 3 is 2.62 bits per heavy atom. The third-order valence-electron chi connectivity index (χ3n) is 6.83. The van der Waals surface area contributed by atoms with Gasteiger partial charge in [-0.3, -0.25) is 14.5 Å². The SMILES string of the molecule is CCCN1C[C@@H](C)[C@H](OC)CN(C)C(=O)c2cc(NC(=O)C3CCC3)ccc2OC[C@@H]1C. The summed E-state index contributed by atoms with van der Waals surface area (Å²) < 4.78 is 12.0. The number of ether oxygens (including phenoxy) is 2. The maximum Gasteiger partial charge on any atom is 0.257 e. The summed E-state index contributed by atoms with van der Waals surface area (Å²) in [6, 6.07) is 5.57. The van der Waals surface area contributed by atoms with Crippen LogP contribution in [-0.4, -0.2) is 74.2 Å². The van der Waals surface area contributed by atoms with E-state index in [4.69, 9.17) is 9.47 Å². The molecule has 0 aromatic heterocycles. The molecule has 3 atom stereocenters. The van der Waals surface area contributed by atoms with Crippen LogP contribution in [0.5, 0.6) is 5.75 Å². The predicted octanol–water partition coefficient (Wildman–Crippen LogP) is 3.64. The number of carbonyl (C=O) groups excluding carboxylic acids is 2. The second-order valence-electron chi connectivity index (χ2n) is 9.42. The van der Waals surface area contributed by atoms with Crippen molar-refractivity contribution < 1.29 is 19.1 Å². The lowest BCUT2D eigenvalue weighted by Crippen LogP contribution is -2.46. The van der Waals surface area contributed by atoms with Crippen molar-refractivity contribution >= 4 is 17.5 Å². The molecule has 1 aromatic carbocycles. The Morgan fingerprint density at radius 1 is 1.25 bits per heavy atom. The number of hydrogen-bond donors (Lipinski definition) is 1. The number of benzene rings is 1. The molecule has 178 valence electrons. The Labute approximate surface area is 192 Å². The van der Waals surface area contributed by atoms with Gasteiger partial charge in [0, 0.05) is 44.9 Å². The van der Waals surface area contributed by atoms with Gasteiger partial charge in [-0.25, -0.2) is 0 Å². The van der Waals surface area contributed by atoms with Gasteiger partial charge in [0.15, 0.2) is 0 Å². The van der Waals surface area contributed by atoms with Crippen LogP contribution in [0.25, 0.3) is 0 Å². The third kappa shape index (κ3) is 5.81. The van der Waals surface area contributed by atoms with E-state index in [0.29, 0.717) is 30.2 Å². The van der Waals surface area contributed by atoms with E-state index in [1.807, 2.05) is 6.07 Å². The first kappa shape index (κ1) is 24.5. The Bertz CT molecular complexity index is 795. The summed E-state index contributed by atoms with van der Waals surface area (Å²) in [7, 11) is 3.51. The molecule has 7 heteroatoms. The largest absolute Gasteiger partial charge is 0.491 e. The summed E-state index contributed by atoms with van der Waals surface area (Å²) >= 11 is 0. The highest BCUT2D eigenvalue weighted by atomic mass is 16.5. The summed E-state index contributed by atoms with van der Waals surface area (Å²) in [5.74, 6) is 0.793. The fraction of sp³-hybridized carbons (Fsp3) is 0.680. The van der Waals surface area contributed by atoms with Crippen LogP contribution in [0.4, 0.5) is 5.69 Å². The third-order valence-corrected chi connectivity index (χ3v) is 6.83. The van der Waals surface area contributed by atoms with Gasteiger partial charge in [-0.2, -0.15) is 0 Å². The molecule has 1 aliphatic carbocycles. The average Bonchev–Trinajstić information content (AvgIpc) is 2.73. The van der Waals surface area contributed by atoms with E-state index in [1.165, 1.54) is 0 Å². The van der Waals surface area contributed by atoms with Gasteiger partial charge < -0.3 is 19.7 Å². The minimum Gasteiger partial charge on any atom is -0.491 e. The van der Waals surface area contributed by atoms with E-state index in [9.17, 15) is 9.59 Å². The van der Waals surface area contributed by atoms with Crippen molar-refractivity contribution in [2.45, 2.75) is 58.6 Å². The minimum atomic E-state index is -0.132. The lowest BCUT2D eigenvalue weighted by Gasteiger charge is -2.36. The summed E-state index contributed by atoms with van der Waals surface area (Å²) in [4.78, 5) is 29.9. The van der Waals surface area contributed by atoms with Gasteiger partial charge in [-0.05, 0) is 56.8 Å². The summed E-state index contributed by atoms with van der Waals surface area (Å²) in [6.07, 6.45) is 3.97. The van der Waals surface area contributed by atoms with Crippen LogP contribution in [-0.2, 0) is 9.53 Å². The van der Waals surface area contributed by atoms with Crippen LogP contribution in [0.15, 0.2) is 18.2 Å². The number of likely N-dealkylation sites (N-methyl/N-ethyl adjacent to an activating group) is 1. The highest BCUT2D eigenvalue weighted by Gasteiger charge is 2.29. The van der Waals surface area contributed by atoms with Crippen molar-refractivity contribution in [1.82, 2.24) is 9.80 Å². The van der Waals surface area contributed by atoms with Gasteiger partial charge in [0.05, 0.1) is 11.7 Å². The fourth-order valence-electron chi connectivity index (χ4n) is 4.44. The number of nitrogens with one attached hydrogen (secondary N) is 1. The number of fused-ring (bicyclic) bond motifs is 1. The van der Waals surface area contributed by atoms with E-state index in [2.05, 4.69) is 31.0 Å². The summed E-state index contributed by atoms with van der Waals surface area (Å²) in [6.45, 7) is 9.37. The second-order valence-corrected chi connectivity index (χ2v) is 9.42. The zero-order valence-corrected chi connectivity index (χ0v) is 20.2. The maximum absolute atomic E-state index is 13.4. The van der Waals surface area contributed by atoms with E-state index < -0.39 is 0 Å². The Hall–Kier alpha value is -2.12. The molecule has 1 aliphatic heterocycles. The minimum absolute atomic E-state index is 0.0307. The van der Waals surface area contributed by atoms with Crippen LogP contribution < -0.4 is 10.1 Å². The highest BCUT2D eigenvalue weighted by Crippen LogP contribution is 2.30. The average molecular weight is 446 g/mol. The number of anilines is 1. The molecule has 0 spiro atoms. The first-order valence-electron chi connectivity index (χ1n) is 11.9. The van der Waals surface area contributed by atoms with E-state index in [-0.39, 0.29) is 35.8 Å². The van der Waals surface area contributed by atoms with Crippen molar-refractivity contribution in [3.8, 4) is 5.75 Å². The molecular weight excluding hydrogens is 406 g/mol. The van der Waals surface area contributed by atoms with Crippen LogP contribution in [0, 0.1) is 11.8 Å². The standard InChI is InChI=1S/C25H39N3O4/c1-6-12-28-14-17(2)23(31-5)15-27(4)25(30)21-13-20(26-24(29)19-8-7-9-19)10-11-22(21)32-16-18(28)3/h10-11,13,17-19,23H,6-9,12,14-16H2,1-5H3,(H,26,29)/t17-,18+,23-/m1/s1. The van der Waals surface area contributed by atoms with Crippen molar-refractivity contribution in [3.63, 3.8) is 0 Å². The fourth-order valence-corrected chi connectivity index (χ4v) is 4.44. The number of methoxy groups -OCH3 is 1. The van der Waals surface area contributed by atoms with Gasteiger partial charge in [0.25, 0.3) is 5.91 Å². The molecule has 1 fully saturated rings. The Balaban J connectivity index is 1.89. The van der Waals surface area contributed by atoms with Gasteiger partial charge in [-0.1, -0.05) is 20.3 Å². The molecule has 2 amide bonds. The lowest BCUT2D eigenvalue weighted by molar-refractivity contribution is -0.122. The van der Waals surface area contributed by atoms with Crippen LogP contribution >= 0.6 is 0 Å². The molecular formula is C25H39N3O4. The number of carbonyl (C=O) groups is 2. The van der Waals surface area contributed by atoms with Crippen LogP contribution in [0.1, 0.15) is 56.8 Å². The van der Waals surface area contributed by atoms with Crippen molar-refractivity contribution in [2.75, 3.05) is 45.7 Å². The quantitative estimate of drug-likeness (QED) is 0.749. The Kier molecular flexibility index (Phi) is 8.54. The second kappa shape index (κ2) is 11.1. The van der Waals surface area contributed by atoms with Crippen LogP contribution in [0.3, 0.4) is 0 Å². The molecule has 0 radical (unpaired) electrons. The number of nitrogens with zero attached hydrogens (tertiary/aromatic N) is 2. The zero-order valence-electron chi connectivity index (χ0n) is 20.2. The molecule has 0 bridgehead atoms. The maximum atomic E-state index is 13.4. The number of hydrogen-bond acceptors (Lipinski definition) is 5. The summed E-state index contributed by atoms with van der Waals surface area (Å²) in [5, 5.41) is 2.98. The van der Waals surface area contributed by atoms with E-state index >= 15 is 0 Å². The van der Waals surface area contributed by atoms with Gasteiger partial charge in [-0.15, -0.1) is 0 Å². The summed E-state index contributed by atoms with van der Waals surface area (Å²) in [5.41, 5.74) is 1.10. The monoisotopic (exact) mass is 445 g/mol. The molecule has 3 rings (SSSR count). The van der Waals surface area contributed by atoms with E-state index in [0.717, 1.165) is 38.8 Å². The van der Waals surface area contributed by atoms with Crippen LogP contribution in [0.2, 0.25) is 0 Å². The zero-order chi connectivity index (χ0) is 23.3. The molecule has 1 heterocycles. The molecule has 1 N–H and O–H groups in total. The molecule has 32 heavy (non-hydrogen) atoms. The van der Waals surface area contributed by atoms with Crippen molar-refractivity contribution in [2.24, 2.45) is 11.8 Å². The number of rotatable bonds is 5. The van der Waals surface area contributed by atoms with E-state index in [1.54, 1.807) is 31.2 Å². The molecule has 1 saturated carbocycles. The first-order valence-corrected chi connectivity index (χ1v) is 11.9. The van der Waals surface area contributed by atoms with Gasteiger partial charge >= 0.3 is 0 Å². The van der Waals surface area contributed by atoms with Gasteiger partial charge in [0.1, 0.15) is 12.4 Å². The lowest BCUT2D eigenvalue weighted by atomic mass is 9.85. The van der Waals surface area contributed by atoms with Gasteiger partial charge in [0.2, 0.25) is 5.91 Å². The number of amides is 2. The normalized spacial score (nSPS) is 25.7. The molecule has 2 aliphatic rings. The Morgan fingerprint density at radius 2 is 2.00 bits per heavy atom. The highest BCUT2D eigenvalue weighted by molar-refractivity contribution is 5.99. The van der Waals surface area contributed by atoms with Crippen molar-refractivity contribution in [3.05, 3.63) is 23.8 Å². The molecule has 7 nitrogen and oxygen atoms in total. The predicted molar refractivity (Wildman–Crippen MR) is 126 cm³/mol. The smallest absolute Gasteiger partial charge is 0.257 e. The molecule has 0 unspecified atom stereocenters.